The van der Waals surface area contributed by atoms with Crippen LogP contribution in [0.1, 0.15) is 36.6 Å². The SMILES string of the molecule is CCc1ccc(C(C)NCc2cc(Br)ccc2F)cc1. The molecule has 106 valence electrons. The standard InChI is InChI=1S/C17H19BrFN/c1-3-13-4-6-14(7-5-13)12(2)20-11-15-10-16(18)8-9-17(15)19/h4-10,12,20H,3,11H2,1-2H3. The number of aryl methyl sites for hydroxylation is 1. The molecule has 0 saturated heterocycles. The van der Waals surface area contributed by atoms with Gasteiger partial charge in [-0.15, -0.1) is 0 Å². The van der Waals surface area contributed by atoms with Crippen molar-refractivity contribution < 1.29 is 4.39 Å². The fraction of sp³-hybridized carbons (Fsp3) is 0.294. The number of hydrogen-bond donors (Lipinski definition) is 1. The average Bonchev–Trinajstić information content (AvgIpc) is 2.48. The average molecular weight is 336 g/mol. The van der Waals surface area contributed by atoms with Crippen LogP contribution >= 0.6 is 15.9 Å². The van der Waals surface area contributed by atoms with Crippen LogP contribution in [-0.4, -0.2) is 0 Å². The van der Waals surface area contributed by atoms with Crippen molar-refractivity contribution in [1.82, 2.24) is 5.32 Å². The minimum absolute atomic E-state index is 0.172. The third-order valence-corrected chi connectivity index (χ3v) is 3.99. The molecule has 0 saturated carbocycles. The molecule has 1 atom stereocenters. The summed E-state index contributed by atoms with van der Waals surface area (Å²) in [5.41, 5.74) is 3.23. The van der Waals surface area contributed by atoms with Crippen molar-refractivity contribution in [3.63, 3.8) is 0 Å². The largest absolute Gasteiger partial charge is 0.306 e. The van der Waals surface area contributed by atoms with Crippen LogP contribution in [0.4, 0.5) is 4.39 Å². The first-order valence-corrected chi connectivity index (χ1v) is 7.65. The van der Waals surface area contributed by atoms with Gasteiger partial charge in [0.2, 0.25) is 0 Å². The second-order valence-corrected chi connectivity index (χ2v) is 5.85. The van der Waals surface area contributed by atoms with Gasteiger partial charge in [-0.05, 0) is 42.7 Å². The van der Waals surface area contributed by atoms with E-state index in [2.05, 4.69) is 59.4 Å². The lowest BCUT2D eigenvalue weighted by Crippen LogP contribution is -2.18. The number of rotatable bonds is 5. The van der Waals surface area contributed by atoms with Gasteiger partial charge >= 0.3 is 0 Å². The monoisotopic (exact) mass is 335 g/mol. The number of benzene rings is 2. The lowest BCUT2D eigenvalue weighted by molar-refractivity contribution is 0.544. The van der Waals surface area contributed by atoms with E-state index in [1.807, 2.05) is 6.07 Å². The lowest BCUT2D eigenvalue weighted by atomic mass is 10.0. The summed E-state index contributed by atoms with van der Waals surface area (Å²) in [5, 5.41) is 3.36. The normalized spacial score (nSPS) is 12.4. The minimum atomic E-state index is -0.172. The Hall–Kier alpha value is -1.19. The second kappa shape index (κ2) is 7.00. The van der Waals surface area contributed by atoms with Gasteiger partial charge in [-0.25, -0.2) is 4.39 Å². The Morgan fingerprint density at radius 1 is 1.15 bits per heavy atom. The molecule has 0 bridgehead atoms. The summed E-state index contributed by atoms with van der Waals surface area (Å²) in [4.78, 5) is 0. The predicted molar refractivity (Wildman–Crippen MR) is 85.2 cm³/mol. The molecule has 2 rings (SSSR count). The van der Waals surface area contributed by atoms with Gasteiger partial charge in [0.25, 0.3) is 0 Å². The quantitative estimate of drug-likeness (QED) is 0.810. The molecule has 1 N–H and O–H groups in total. The highest BCUT2D eigenvalue weighted by Gasteiger charge is 2.07. The van der Waals surface area contributed by atoms with Crippen molar-refractivity contribution >= 4 is 15.9 Å². The molecule has 0 aliphatic heterocycles. The number of halogens is 2. The van der Waals surface area contributed by atoms with E-state index in [4.69, 9.17) is 0 Å². The van der Waals surface area contributed by atoms with Crippen LogP contribution in [0.15, 0.2) is 46.9 Å². The van der Waals surface area contributed by atoms with E-state index in [0.29, 0.717) is 12.1 Å². The van der Waals surface area contributed by atoms with Gasteiger partial charge in [-0.1, -0.05) is 47.1 Å². The van der Waals surface area contributed by atoms with Crippen LogP contribution in [0, 0.1) is 5.82 Å². The first-order chi connectivity index (χ1) is 9.60. The van der Waals surface area contributed by atoms with E-state index >= 15 is 0 Å². The Kier molecular flexibility index (Phi) is 5.32. The van der Waals surface area contributed by atoms with E-state index in [-0.39, 0.29) is 11.9 Å². The van der Waals surface area contributed by atoms with Crippen LogP contribution in [0.25, 0.3) is 0 Å². The highest BCUT2D eigenvalue weighted by atomic mass is 79.9. The molecule has 0 amide bonds. The van der Waals surface area contributed by atoms with Gasteiger partial charge in [0.15, 0.2) is 0 Å². The van der Waals surface area contributed by atoms with Crippen molar-refractivity contribution in [1.29, 1.82) is 0 Å². The van der Waals surface area contributed by atoms with Gasteiger partial charge in [0, 0.05) is 22.6 Å². The molecule has 2 aromatic carbocycles. The topological polar surface area (TPSA) is 12.0 Å². The smallest absolute Gasteiger partial charge is 0.127 e. The highest BCUT2D eigenvalue weighted by molar-refractivity contribution is 9.10. The van der Waals surface area contributed by atoms with Crippen LogP contribution in [0.5, 0.6) is 0 Å². The van der Waals surface area contributed by atoms with E-state index in [9.17, 15) is 4.39 Å². The summed E-state index contributed by atoms with van der Waals surface area (Å²) in [5.74, 6) is -0.172. The molecule has 20 heavy (non-hydrogen) atoms. The molecule has 1 unspecified atom stereocenters. The van der Waals surface area contributed by atoms with Gasteiger partial charge in [0.05, 0.1) is 0 Å². The molecule has 0 fully saturated rings. The summed E-state index contributed by atoms with van der Waals surface area (Å²) in [7, 11) is 0. The summed E-state index contributed by atoms with van der Waals surface area (Å²) in [6.45, 7) is 4.76. The van der Waals surface area contributed by atoms with Crippen LogP contribution in [-0.2, 0) is 13.0 Å². The Balaban J connectivity index is 2.00. The van der Waals surface area contributed by atoms with Crippen LogP contribution in [0.2, 0.25) is 0 Å². The maximum Gasteiger partial charge on any atom is 0.127 e. The van der Waals surface area contributed by atoms with Crippen molar-refractivity contribution in [3.05, 3.63) is 69.4 Å². The number of hydrogen-bond acceptors (Lipinski definition) is 1. The van der Waals surface area contributed by atoms with Crippen LogP contribution in [0.3, 0.4) is 0 Å². The van der Waals surface area contributed by atoms with E-state index in [1.165, 1.54) is 17.2 Å². The third kappa shape index (κ3) is 3.90. The first kappa shape index (κ1) is 15.2. The Morgan fingerprint density at radius 2 is 1.85 bits per heavy atom. The molecule has 0 aromatic heterocycles. The van der Waals surface area contributed by atoms with Gasteiger partial charge < -0.3 is 5.32 Å². The van der Waals surface area contributed by atoms with E-state index < -0.39 is 0 Å². The minimum Gasteiger partial charge on any atom is -0.306 e. The summed E-state index contributed by atoms with van der Waals surface area (Å²) in [6.07, 6.45) is 1.05. The molecule has 0 spiro atoms. The molecule has 2 aromatic rings. The second-order valence-electron chi connectivity index (χ2n) is 4.93. The molecule has 3 heteroatoms. The van der Waals surface area contributed by atoms with Crippen molar-refractivity contribution in [2.24, 2.45) is 0 Å². The fourth-order valence-electron chi connectivity index (χ4n) is 2.10. The van der Waals surface area contributed by atoms with Gasteiger partial charge in [-0.2, -0.15) is 0 Å². The summed E-state index contributed by atoms with van der Waals surface area (Å²) >= 11 is 3.37. The highest BCUT2D eigenvalue weighted by Crippen LogP contribution is 2.18. The Labute approximate surface area is 128 Å². The Bertz CT molecular complexity index is 566. The lowest BCUT2D eigenvalue weighted by Gasteiger charge is -2.15. The molecular formula is C17H19BrFN. The molecule has 0 radical (unpaired) electrons. The van der Waals surface area contributed by atoms with Gasteiger partial charge in [-0.3, -0.25) is 0 Å². The fourth-order valence-corrected chi connectivity index (χ4v) is 2.51. The first-order valence-electron chi connectivity index (χ1n) is 6.86. The van der Waals surface area contributed by atoms with E-state index in [1.54, 1.807) is 6.07 Å². The summed E-state index contributed by atoms with van der Waals surface area (Å²) < 4.78 is 14.6. The molecule has 0 aliphatic carbocycles. The van der Waals surface area contributed by atoms with Gasteiger partial charge in [0.1, 0.15) is 5.82 Å². The van der Waals surface area contributed by atoms with Crippen molar-refractivity contribution in [2.45, 2.75) is 32.9 Å². The van der Waals surface area contributed by atoms with E-state index in [0.717, 1.165) is 10.9 Å². The maximum atomic E-state index is 13.7. The summed E-state index contributed by atoms with van der Waals surface area (Å²) in [6, 6.07) is 13.8. The molecule has 0 heterocycles. The third-order valence-electron chi connectivity index (χ3n) is 3.49. The molecule has 0 aliphatic rings. The Morgan fingerprint density at radius 3 is 2.50 bits per heavy atom. The molecule has 1 nitrogen and oxygen atoms in total. The number of nitrogens with one attached hydrogen (secondary N) is 1. The maximum absolute atomic E-state index is 13.7. The van der Waals surface area contributed by atoms with Crippen molar-refractivity contribution in [3.8, 4) is 0 Å². The zero-order valence-electron chi connectivity index (χ0n) is 11.8. The zero-order valence-corrected chi connectivity index (χ0v) is 13.4. The predicted octanol–water partition coefficient (Wildman–Crippen LogP) is 5.00. The van der Waals surface area contributed by atoms with Crippen molar-refractivity contribution in [2.75, 3.05) is 0 Å². The van der Waals surface area contributed by atoms with Crippen LogP contribution < -0.4 is 5.32 Å². The zero-order chi connectivity index (χ0) is 14.5. The molecular weight excluding hydrogens is 317 g/mol.